The number of aromatic nitrogens is 2. The summed E-state index contributed by atoms with van der Waals surface area (Å²) >= 11 is 0. The van der Waals surface area contributed by atoms with Crippen LogP contribution in [0.15, 0.2) is 6.33 Å². The third kappa shape index (κ3) is 2.54. The first-order valence-corrected chi connectivity index (χ1v) is 7.95. The van der Waals surface area contributed by atoms with Gasteiger partial charge in [-0.3, -0.25) is 0 Å². The number of hydrogen-bond acceptors (Lipinski definition) is 5. The van der Waals surface area contributed by atoms with Gasteiger partial charge in [-0.25, -0.2) is 9.97 Å². The van der Waals surface area contributed by atoms with Crippen LogP contribution in [0.3, 0.4) is 0 Å². The maximum Gasteiger partial charge on any atom is 0.157 e. The van der Waals surface area contributed by atoms with E-state index in [-0.39, 0.29) is 0 Å². The molecule has 2 aliphatic rings. The Kier molecular flexibility index (Phi) is 3.26. The van der Waals surface area contributed by atoms with Crippen LogP contribution in [0.25, 0.3) is 0 Å². The molecule has 1 saturated heterocycles. The number of rotatable bonds is 3. The van der Waals surface area contributed by atoms with E-state index in [1.807, 2.05) is 6.92 Å². The molecule has 0 amide bonds. The summed E-state index contributed by atoms with van der Waals surface area (Å²) in [5, 5.41) is 3.22. The molecule has 2 heterocycles. The first-order chi connectivity index (χ1) is 9.84. The van der Waals surface area contributed by atoms with Crippen LogP contribution < -0.4 is 16.0 Å². The van der Waals surface area contributed by atoms with E-state index in [2.05, 4.69) is 41.0 Å². The molecule has 1 aromatic heterocycles. The van der Waals surface area contributed by atoms with E-state index >= 15 is 0 Å². The average Bonchev–Trinajstić information content (AvgIpc) is 2.61. The smallest absolute Gasteiger partial charge is 0.157 e. The molecule has 0 aromatic carbocycles. The van der Waals surface area contributed by atoms with Crippen molar-refractivity contribution in [3.8, 4) is 0 Å². The number of nitrogens with two attached hydrogens (primary N) is 1. The Morgan fingerprint density at radius 2 is 2.10 bits per heavy atom. The van der Waals surface area contributed by atoms with Crippen molar-refractivity contribution in [1.82, 2.24) is 9.97 Å². The molecule has 1 saturated carbocycles. The number of hydrogen-bond donors (Lipinski definition) is 2. The molecule has 5 heteroatoms. The van der Waals surface area contributed by atoms with Gasteiger partial charge in [0.25, 0.3) is 0 Å². The highest BCUT2D eigenvalue weighted by molar-refractivity contribution is 5.75. The monoisotopic (exact) mass is 289 g/mol. The highest BCUT2D eigenvalue weighted by atomic mass is 15.3. The normalized spacial score (nSPS) is 30.5. The molecule has 2 atom stereocenters. The molecule has 3 rings (SSSR count). The fraction of sp³-hybridized carbons (Fsp3) is 0.750. The lowest BCUT2D eigenvalue weighted by molar-refractivity contribution is 0.136. The third-order valence-corrected chi connectivity index (χ3v) is 4.89. The van der Waals surface area contributed by atoms with Gasteiger partial charge in [-0.1, -0.05) is 20.8 Å². The van der Waals surface area contributed by atoms with E-state index in [4.69, 9.17) is 5.73 Å². The lowest BCUT2D eigenvalue weighted by atomic mass is 9.65. The summed E-state index contributed by atoms with van der Waals surface area (Å²) in [5.41, 5.74) is 7.78. The van der Waals surface area contributed by atoms with Gasteiger partial charge in [0.1, 0.15) is 12.0 Å². The second-order valence-corrected chi connectivity index (χ2v) is 7.83. The zero-order valence-corrected chi connectivity index (χ0v) is 13.6. The van der Waals surface area contributed by atoms with Crippen LogP contribution in [0, 0.1) is 10.8 Å². The molecule has 1 aromatic rings. The van der Waals surface area contributed by atoms with Gasteiger partial charge in [-0.15, -0.1) is 0 Å². The largest absolute Gasteiger partial charge is 0.393 e. The van der Waals surface area contributed by atoms with E-state index < -0.39 is 0 Å². The molecule has 3 N–H and O–H groups in total. The third-order valence-electron chi connectivity index (χ3n) is 4.89. The first-order valence-electron chi connectivity index (χ1n) is 7.95. The number of fused-ring (bicyclic) bond motifs is 2. The molecular weight excluding hydrogens is 262 g/mol. The number of anilines is 3. The van der Waals surface area contributed by atoms with E-state index in [0.717, 1.165) is 24.7 Å². The van der Waals surface area contributed by atoms with E-state index in [9.17, 15) is 0 Å². The standard InChI is InChI=1S/C16H27N5/c1-5-18-13-12(17)14(20-10-19-13)21-9-16(4)7-11(21)6-15(2,3)8-16/h10-11H,5-9,17H2,1-4H3,(H,18,19,20). The zero-order valence-electron chi connectivity index (χ0n) is 13.6. The molecule has 2 unspecified atom stereocenters. The van der Waals surface area contributed by atoms with Gasteiger partial charge < -0.3 is 16.0 Å². The number of nitrogen functional groups attached to an aromatic ring is 1. The molecule has 0 spiro atoms. The van der Waals surface area contributed by atoms with Crippen molar-refractivity contribution in [3.63, 3.8) is 0 Å². The van der Waals surface area contributed by atoms with Crippen LogP contribution in [-0.4, -0.2) is 29.1 Å². The first kappa shape index (κ1) is 14.4. The Morgan fingerprint density at radius 1 is 1.33 bits per heavy atom. The van der Waals surface area contributed by atoms with Crippen LogP contribution >= 0.6 is 0 Å². The van der Waals surface area contributed by atoms with E-state index in [0.29, 0.717) is 22.6 Å². The zero-order chi connectivity index (χ0) is 15.3. The molecule has 2 bridgehead atoms. The lowest BCUT2D eigenvalue weighted by Crippen LogP contribution is -2.35. The van der Waals surface area contributed by atoms with Crippen LogP contribution in [0.5, 0.6) is 0 Å². The van der Waals surface area contributed by atoms with Gasteiger partial charge in [0.15, 0.2) is 11.6 Å². The maximum atomic E-state index is 6.31. The maximum absolute atomic E-state index is 6.31. The lowest BCUT2D eigenvalue weighted by Gasteiger charge is -2.39. The van der Waals surface area contributed by atoms with Gasteiger partial charge in [-0.05, 0) is 37.0 Å². The van der Waals surface area contributed by atoms with Crippen molar-refractivity contribution in [3.05, 3.63) is 6.33 Å². The Hall–Kier alpha value is -1.52. The summed E-state index contributed by atoms with van der Waals surface area (Å²) in [5.74, 6) is 1.67. The minimum absolute atomic E-state index is 0.377. The molecule has 1 aliphatic heterocycles. The SMILES string of the molecule is CCNc1ncnc(N2CC3(C)CC2CC(C)(C)C3)c1N. The minimum Gasteiger partial charge on any atom is -0.393 e. The fourth-order valence-corrected chi connectivity index (χ4v) is 4.63. The minimum atomic E-state index is 0.377. The Balaban J connectivity index is 1.94. The average molecular weight is 289 g/mol. The van der Waals surface area contributed by atoms with Gasteiger partial charge in [0, 0.05) is 19.1 Å². The predicted molar refractivity (Wildman–Crippen MR) is 87.5 cm³/mol. The molecule has 5 nitrogen and oxygen atoms in total. The van der Waals surface area contributed by atoms with Crippen LogP contribution in [0.2, 0.25) is 0 Å². The van der Waals surface area contributed by atoms with Crippen molar-refractivity contribution in [2.75, 3.05) is 29.0 Å². The van der Waals surface area contributed by atoms with Crippen molar-refractivity contribution >= 4 is 17.3 Å². The Morgan fingerprint density at radius 3 is 2.81 bits per heavy atom. The van der Waals surface area contributed by atoms with Crippen molar-refractivity contribution in [1.29, 1.82) is 0 Å². The van der Waals surface area contributed by atoms with Crippen LogP contribution in [0.4, 0.5) is 17.3 Å². The Bertz CT molecular complexity index is 541. The topological polar surface area (TPSA) is 67.1 Å². The molecular formula is C16H27N5. The highest BCUT2D eigenvalue weighted by Gasteiger charge is 2.50. The molecule has 0 radical (unpaired) electrons. The molecule has 21 heavy (non-hydrogen) atoms. The number of nitrogens with zero attached hydrogens (tertiary/aromatic N) is 3. The highest BCUT2D eigenvalue weighted by Crippen LogP contribution is 2.53. The van der Waals surface area contributed by atoms with Gasteiger partial charge in [0.05, 0.1) is 0 Å². The molecule has 1 aliphatic carbocycles. The van der Waals surface area contributed by atoms with Crippen molar-refractivity contribution in [2.24, 2.45) is 10.8 Å². The number of nitrogens with one attached hydrogen (secondary N) is 1. The summed E-state index contributed by atoms with van der Waals surface area (Å²) in [6.07, 6.45) is 5.36. The molecule has 116 valence electrons. The second-order valence-electron chi connectivity index (χ2n) is 7.83. The van der Waals surface area contributed by atoms with Crippen molar-refractivity contribution in [2.45, 2.75) is 53.0 Å². The van der Waals surface area contributed by atoms with Gasteiger partial charge in [0.2, 0.25) is 0 Å². The van der Waals surface area contributed by atoms with E-state index in [1.54, 1.807) is 6.33 Å². The Labute approximate surface area is 127 Å². The summed E-state index contributed by atoms with van der Waals surface area (Å²) in [6, 6.07) is 0.547. The molecule has 2 fully saturated rings. The summed E-state index contributed by atoms with van der Waals surface area (Å²) in [6.45, 7) is 11.1. The predicted octanol–water partition coefficient (Wildman–Crippen LogP) is 2.90. The summed E-state index contributed by atoms with van der Waals surface area (Å²) in [7, 11) is 0. The summed E-state index contributed by atoms with van der Waals surface area (Å²) in [4.78, 5) is 11.2. The fourth-order valence-electron chi connectivity index (χ4n) is 4.63. The quantitative estimate of drug-likeness (QED) is 0.895. The van der Waals surface area contributed by atoms with Crippen LogP contribution in [-0.2, 0) is 0 Å². The van der Waals surface area contributed by atoms with Gasteiger partial charge in [-0.2, -0.15) is 0 Å². The van der Waals surface area contributed by atoms with Crippen LogP contribution in [0.1, 0.15) is 47.0 Å². The van der Waals surface area contributed by atoms with Crippen molar-refractivity contribution < 1.29 is 0 Å². The summed E-state index contributed by atoms with van der Waals surface area (Å²) < 4.78 is 0. The second kappa shape index (κ2) is 4.75. The van der Waals surface area contributed by atoms with E-state index in [1.165, 1.54) is 19.3 Å². The van der Waals surface area contributed by atoms with Gasteiger partial charge >= 0.3 is 0 Å².